The van der Waals surface area contributed by atoms with Crippen LogP contribution in [0.1, 0.15) is 5.56 Å². The minimum absolute atomic E-state index is 0.0484. The molecule has 3 aromatic rings. The van der Waals surface area contributed by atoms with E-state index in [1.807, 2.05) is 4.72 Å². The number of para-hydroxylation sites is 1. The summed E-state index contributed by atoms with van der Waals surface area (Å²) in [6.07, 6.45) is -3.62. The van der Waals surface area contributed by atoms with E-state index in [1.165, 1.54) is 18.3 Å². The molecule has 3 rings (SSSR count). The Bertz CT molecular complexity index is 1140. The van der Waals surface area contributed by atoms with Crippen LogP contribution in [0.15, 0.2) is 59.6 Å². The molecular formula is C16H10F3N3O4S. The van der Waals surface area contributed by atoms with Crippen LogP contribution in [-0.4, -0.2) is 18.3 Å². The highest BCUT2D eigenvalue weighted by molar-refractivity contribution is 7.92. The number of alkyl halides is 3. The Kier molecular flexibility index (Phi) is 4.47. The Morgan fingerprint density at radius 1 is 1.07 bits per heavy atom. The van der Waals surface area contributed by atoms with Crippen LogP contribution in [0.3, 0.4) is 0 Å². The summed E-state index contributed by atoms with van der Waals surface area (Å²) in [7, 11) is -4.79. The summed E-state index contributed by atoms with van der Waals surface area (Å²) in [6, 6.07) is 9.09. The van der Waals surface area contributed by atoms with Gasteiger partial charge in [0.25, 0.3) is 15.7 Å². The number of anilines is 1. The number of rotatable bonds is 4. The van der Waals surface area contributed by atoms with Crippen LogP contribution in [0.2, 0.25) is 0 Å². The molecule has 1 N–H and O–H groups in total. The number of hydrogen-bond donors (Lipinski definition) is 1. The van der Waals surface area contributed by atoms with Crippen molar-refractivity contribution in [2.24, 2.45) is 0 Å². The van der Waals surface area contributed by atoms with Crippen molar-refractivity contribution in [1.29, 1.82) is 0 Å². The first-order valence-electron chi connectivity index (χ1n) is 7.32. The van der Waals surface area contributed by atoms with Gasteiger partial charge < -0.3 is 0 Å². The van der Waals surface area contributed by atoms with Crippen molar-refractivity contribution in [1.82, 2.24) is 4.98 Å². The number of aromatic nitrogens is 1. The van der Waals surface area contributed by atoms with Gasteiger partial charge in [0, 0.05) is 23.7 Å². The van der Waals surface area contributed by atoms with Gasteiger partial charge in [-0.15, -0.1) is 0 Å². The van der Waals surface area contributed by atoms with Gasteiger partial charge in [0.05, 0.1) is 21.7 Å². The van der Waals surface area contributed by atoms with Crippen LogP contribution in [0.5, 0.6) is 0 Å². The van der Waals surface area contributed by atoms with Gasteiger partial charge in [-0.3, -0.25) is 19.8 Å². The minimum atomic E-state index is -5.02. The minimum Gasteiger partial charge on any atom is -0.277 e. The summed E-state index contributed by atoms with van der Waals surface area (Å²) >= 11 is 0. The van der Waals surface area contributed by atoms with E-state index < -0.39 is 37.3 Å². The van der Waals surface area contributed by atoms with E-state index in [0.29, 0.717) is 23.6 Å². The summed E-state index contributed by atoms with van der Waals surface area (Å²) < 4.78 is 67.0. The lowest BCUT2D eigenvalue weighted by atomic mass is 10.2. The molecule has 140 valence electrons. The van der Waals surface area contributed by atoms with E-state index >= 15 is 0 Å². The summed E-state index contributed by atoms with van der Waals surface area (Å²) in [5.74, 6) is 0. The summed E-state index contributed by atoms with van der Waals surface area (Å²) in [5.41, 5.74) is -2.11. The molecule has 0 aliphatic heterocycles. The number of nitro benzene ring substituents is 1. The highest BCUT2D eigenvalue weighted by Crippen LogP contribution is 2.37. The third kappa shape index (κ3) is 3.67. The maximum absolute atomic E-state index is 13.2. The second kappa shape index (κ2) is 6.50. The smallest absolute Gasteiger partial charge is 0.277 e. The predicted molar refractivity (Wildman–Crippen MR) is 90.6 cm³/mol. The second-order valence-electron chi connectivity index (χ2n) is 5.42. The Morgan fingerprint density at radius 2 is 1.78 bits per heavy atom. The fourth-order valence-corrected chi connectivity index (χ4v) is 3.78. The normalized spacial score (nSPS) is 12.1. The first kappa shape index (κ1) is 18.6. The zero-order valence-electron chi connectivity index (χ0n) is 13.3. The molecule has 0 saturated heterocycles. The summed E-state index contributed by atoms with van der Waals surface area (Å²) in [4.78, 5) is 12.7. The van der Waals surface area contributed by atoms with Crippen molar-refractivity contribution in [3.63, 3.8) is 0 Å². The molecule has 11 heteroatoms. The molecule has 0 saturated carbocycles. The van der Waals surface area contributed by atoms with Crippen molar-refractivity contribution in [3.8, 4) is 0 Å². The molecule has 0 unspecified atom stereocenters. The van der Waals surface area contributed by atoms with Gasteiger partial charge in [-0.2, -0.15) is 13.2 Å². The van der Waals surface area contributed by atoms with Gasteiger partial charge in [-0.05, 0) is 18.2 Å². The summed E-state index contributed by atoms with van der Waals surface area (Å²) in [6.45, 7) is 0. The molecular weight excluding hydrogens is 387 g/mol. The van der Waals surface area contributed by atoms with Crippen LogP contribution < -0.4 is 4.72 Å². The maximum atomic E-state index is 13.2. The Labute approximate surface area is 150 Å². The van der Waals surface area contributed by atoms with Crippen molar-refractivity contribution in [2.45, 2.75) is 11.1 Å². The first-order valence-corrected chi connectivity index (χ1v) is 8.80. The Hall–Kier alpha value is -3.21. The number of halogens is 3. The molecule has 0 bridgehead atoms. The molecule has 0 amide bonds. The molecule has 0 aliphatic rings. The fourth-order valence-electron chi connectivity index (χ4n) is 2.47. The van der Waals surface area contributed by atoms with Crippen LogP contribution >= 0.6 is 0 Å². The highest BCUT2D eigenvalue weighted by atomic mass is 32.2. The predicted octanol–water partition coefficient (Wildman–Crippen LogP) is 3.96. The topological polar surface area (TPSA) is 102 Å². The number of pyridine rings is 1. The van der Waals surface area contributed by atoms with E-state index in [2.05, 4.69) is 4.98 Å². The van der Waals surface area contributed by atoms with Crippen molar-refractivity contribution >= 4 is 32.3 Å². The van der Waals surface area contributed by atoms with E-state index in [4.69, 9.17) is 0 Å². The van der Waals surface area contributed by atoms with Gasteiger partial charge >= 0.3 is 6.18 Å². The number of nitrogens with one attached hydrogen (secondary N) is 1. The van der Waals surface area contributed by atoms with Crippen LogP contribution in [0.25, 0.3) is 10.9 Å². The molecule has 2 aromatic carbocycles. The highest BCUT2D eigenvalue weighted by Gasteiger charge is 2.38. The molecule has 0 fully saturated rings. The van der Waals surface area contributed by atoms with Gasteiger partial charge in [0.15, 0.2) is 0 Å². The number of fused-ring (bicyclic) bond motifs is 1. The number of hydrogen-bond acceptors (Lipinski definition) is 5. The third-order valence-corrected chi connectivity index (χ3v) is 5.05. The van der Waals surface area contributed by atoms with E-state index in [-0.39, 0.29) is 11.2 Å². The molecule has 27 heavy (non-hydrogen) atoms. The third-order valence-electron chi connectivity index (χ3n) is 3.65. The molecule has 1 heterocycles. The molecule has 7 nitrogen and oxygen atoms in total. The lowest BCUT2D eigenvalue weighted by Gasteiger charge is -2.15. The van der Waals surface area contributed by atoms with Crippen molar-refractivity contribution in [2.75, 3.05) is 4.72 Å². The van der Waals surface area contributed by atoms with Crippen LogP contribution in [0.4, 0.5) is 24.5 Å². The van der Waals surface area contributed by atoms with E-state index in [9.17, 15) is 31.7 Å². The molecule has 0 radical (unpaired) electrons. The second-order valence-corrected chi connectivity index (χ2v) is 7.07. The monoisotopic (exact) mass is 397 g/mol. The van der Waals surface area contributed by atoms with Gasteiger partial charge in [0.2, 0.25) is 0 Å². The SMILES string of the molecule is O=[N+]([O-])c1ccc(C(F)(F)F)c(S(=O)(=O)Nc2cccc3cccnc23)c1. The molecule has 0 aliphatic carbocycles. The number of nitrogens with zero attached hydrogens (tertiary/aromatic N) is 2. The first-order chi connectivity index (χ1) is 12.6. The fraction of sp³-hybridized carbons (Fsp3) is 0.0625. The molecule has 0 spiro atoms. The van der Waals surface area contributed by atoms with Gasteiger partial charge in [-0.1, -0.05) is 18.2 Å². The molecule has 1 aromatic heterocycles. The van der Waals surface area contributed by atoms with Gasteiger partial charge in [-0.25, -0.2) is 8.42 Å². The summed E-state index contributed by atoms with van der Waals surface area (Å²) in [5, 5.41) is 11.4. The van der Waals surface area contributed by atoms with E-state index in [0.717, 1.165) is 0 Å². The lowest BCUT2D eigenvalue weighted by Crippen LogP contribution is -2.19. The Morgan fingerprint density at radius 3 is 2.44 bits per heavy atom. The van der Waals surface area contributed by atoms with Crippen molar-refractivity contribution in [3.05, 3.63) is 70.4 Å². The van der Waals surface area contributed by atoms with Crippen LogP contribution in [0, 0.1) is 10.1 Å². The van der Waals surface area contributed by atoms with Gasteiger partial charge in [0.1, 0.15) is 4.90 Å². The lowest BCUT2D eigenvalue weighted by molar-refractivity contribution is -0.385. The maximum Gasteiger partial charge on any atom is 0.417 e. The van der Waals surface area contributed by atoms with Crippen molar-refractivity contribution < 1.29 is 26.5 Å². The zero-order valence-corrected chi connectivity index (χ0v) is 14.1. The number of nitro groups is 1. The largest absolute Gasteiger partial charge is 0.417 e. The van der Waals surface area contributed by atoms with Crippen LogP contribution in [-0.2, 0) is 16.2 Å². The standard InChI is InChI=1S/C16H10F3N3O4S/c17-16(18,19)12-7-6-11(22(23)24)9-14(12)27(25,26)21-13-5-1-3-10-4-2-8-20-15(10)13/h1-9,21H. The zero-order chi connectivity index (χ0) is 19.8. The average molecular weight is 397 g/mol. The Balaban J connectivity index is 2.16. The number of benzene rings is 2. The van der Waals surface area contributed by atoms with E-state index in [1.54, 1.807) is 18.2 Å². The quantitative estimate of drug-likeness (QED) is 0.530. The molecule has 0 atom stereocenters. The number of non-ortho nitro benzene ring substituents is 1. The average Bonchev–Trinajstić information content (AvgIpc) is 2.60. The number of sulfonamides is 1.